The molecule has 0 radical (unpaired) electrons. The molecule has 0 aliphatic heterocycles. The maximum Gasteiger partial charge on any atom is 0.228 e. The molecule has 10 heteroatoms. The molecule has 3 heterocycles. The number of benzene rings is 1. The topological polar surface area (TPSA) is 97.6 Å². The Morgan fingerprint density at radius 1 is 1.17 bits per heavy atom. The van der Waals surface area contributed by atoms with Crippen LogP contribution in [0.25, 0.3) is 11.2 Å². The highest BCUT2D eigenvalue weighted by Crippen LogP contribution is 2.36. The van der Waals surface area contributed by atoms with Crippen LogP contribution in [0, 0.1) is 11.6 Å². The maximum atomic E-state index is 14.6. The lowest BCUT2D eigenvalue weighted by Crippen LogP contribution is -2.17. The highest BCUT2D eigenvalue weighted by atomic mass is 19.1. The Labute approximate surface area is 207 Å². The minimum Gasteiger partial charge on any atom is -0.362 e. The first-order chi connectivity index (χ1) is 17.4. The molecule has 2 N–H and O–H groups in total. The molecule has 1 saturated carbocycles. The minimum absolute atomic E-state index is 0.0324. The van der Waals surface area contributed by atoms with Crippen LogP contribution in [0.2, 0.25) is 0 Å². The SMILES string of the molecule is CCn1cc2ncc(N[C@@H](C)c3cc(NC(=O)Cc4cnc(C5CCC5)c(F)c4)ccc3F)nc2n1. The van der Waals surface area contributed by atoms with Gasteiger partial charge in [0.2, 0.25) is 11.6 Å². The Morgan fingerprint density at radius 2 is 2.00 bits per heavy atom. The second-order valence-corrected chi connectivity index (χ2v) is 9.11. The molecular weight excluding hydrogens is 464 g/mol. The van der Waals surface area contributed by atoms with Gasteiger partial charge in [0.05, 0.1) is 30.6 Å². The van der Waals surface area contributed by atoms with Gasteiger partial charge in [0, 0.05) is 29.9 Å². The van der Waals surface area contributed by atoms with Crippen LogP contribution in [-0.2, 0) is 17.8 Å². The summed E-state index contributed by atoms with van der Waals surface area (Å²) in [4.78, 5) is 25.6. The zero-order chi connectivity index (χ0) is 25.2. The monoisotopic (exact) mass is 491 g/mol. The molecule has 4 aromatic rings. The number of hydrogen-bond donors (Lipinski definition) is 2. The van der Waals surface area contributed by atoms with E-state index < -0.39 is 11.9 Å². The lowest BCUT2D eigenvalue weighted by Gasteiger charge is -2.25. The van der Waals surface area contributed by atoms with Crippen molar-refractivity contribution in [2.75, 3.05) is 10.6 Å². The van der Waals surface area contributed by atoms with Gasteiger partial charge in [-0.3, -0.25) is 14.5 Å². The molecule has 1 aliphatic carbocycles. The Bertz CT molecular complexity index is 1420. The number of halogens is 2. The number of amides is 1. The molecule has 0 saturated heterocycles. The number of aromatic nitrogens is 5. The van der Waals surface area contributed by atoms with Crippen LogP contribution in [0.15, 0.2) is 42.9 Å². The van der Waals surface area contributed by atoms with E-state index in [1.54, 1.807) is 30.1 Å². The van der Waals surface area contributed by atoms with Crippen LogP contribution < -0.4 is 10.6 Å². The summed E-state index contributed by atoms with van der Waals surface area (Å²) in [5.74, 6) is -0.479. The smallest absolute Gasteiger partial charge is 0.228 e. The summed E-state index contributed by atoms with van der Waals surface area (Å²) in [6.45, 7) is 4.47. The van der Waals surface area contributed by atoms with E-state index in [9.17, 15) is 13.6 Å². The Kier molecular flexibility index (Phi) is 6.58. The summed E-state index contributed by atoms with van der Waals surface area (Å²) in [6, 6.07) is 5.28. The van der Waals surface area contributed by atoms with Crippen molar-refractivity contribution in [3.05, 3.63) is 71.3 Å². The number of aryl methyl sites for hydroxylation is 1. The van der Waals surface area contributed by atoms with E-state index in [1.165, 1.54) is 18.2 Å². The minimum atomic E-state index is -0.459. The van der Waals surface area contributed by atoms with E-state index in [1.807, 2.05) is 13.1 Å². The molecule has 3 aromatic heterocycles. The number of nitrogens with one attached hydrogen (secondary N) is 2. The largest absolute Gasteiger partial charge is 0.362 e. The van der Waals surface area contributed by atoms with E-state index in [0.29, 0.717) is 46.0 Å². The number of fused-ring (bicyclic) bond motifs is 1. The highest BCUT2D eigenvalue weighted by Gasteiger charge is 2.24. The van der Waals surface area contributed by atoms with Gasteiger partial charge in [-0.05, 0) is 56.5 Å². The summed E-state index contributed by atoms with van der Waals surface area (Å²) in [7, 11) is 0. The molecule has 1 aliphatic rings. The van der Waals surface area contributed by atoms with E-state index in [0.717, 1.165) is 19.3 Å². The van der Waals surface area contributed by atoms with E-state index >= 15 is 0 Å². The van der Waals surface area contributed by atoms with Crippen molar-refractivity contribution in [3.63, 3.8) is 0 Å². The van der Waals surface area contributed by atoms with Gasteiger partial charge in [-0.25, -0.2) is 18.7 Å². The molecule has 0 unspecified atom stereocenters. The summed E-state index contributed by atoms with van der Waals surface area (Å²) < 4.78 is 30.8. The number of carbonyl (C=O) groups excluding carboxylic acids is 1. The van der Waals surface area contributed by atoms with Gasteiger partial charge in [-0.1, -0.05) is 6.42 Å². The molecule has 36 heavy (non-hydrogen) atoms. The average Bonchev–Trinajstić information content (AvgIpc) is 3.23. The molecule has 186 valence electrons. The van der Waals surface area contributed by atoms with Gasteiger partial charge < -0.3 is 10.6 Å². The second kappa shape index (κ2) is 9.96. The van der Waals surface area contributed by atoms with Crippen LogP contribution in [0.3, 0.4) is 0 Å². The number of pyridine rings is 1. The van der Waals surface area contributed by atoms with Gasteiger partial charge in [0.15, 0.2) is 0 Å². The normalized spacial score (nSPS) is 14.4. The van der Waals surface area contributed by atoms with E-state index in [-0.39, 0.29) is 24.1 Å². The third-order valence-corrected chi connectivity index (χ3v) is 6.49. The number of carbonyl (C=O) groups is 1. The maximum absolute atomic E-state index is 14.6. The molecule has 1 aromatic carbocycles. The Hall–Kier alpha value is -3.95. The first kappa shape index (κ1) is 23.8. The fourth-order valence-corrected chi connectivity index (χ4v) is 4.29. The quantitative estimate of drug-likeness (QED) is 0.354. The first-order valence-corrected chi connectivity index (χ1v) is 12.1. The fraction of sp³-hybridized carbons (Fsp3) is 0.346. The third-order valence-electron chi connectivity index (χ3n) is 6.49. The summed E-state index contributed by atoms with van der Waals surface area (Å²) >= 11 is 0. The van der Waals surface area contributed by atoms with Crippen LogP contribution in [0.1, 0.15) is 61.9 Å². The Balaban J connectivity index is 1.25. The van der Waals surface area contributed by atoms with Crippen molar-refractivity contribution in [1.29, 1.82) is 0 Å². The van der Waals surface area contributed by atoms with E-state index in [4.69, 9.17) is 0 Å². The summed E-state index contributed by atoms with van der Waals surface area (Å²) in [6.07, 6.45) is 7.91. The molecule has 1 amide bonds. The van der Waals surface area contributed by atoms with Gasteiger partial charge in [-0.2, -0.15) is 5.10 Å². The first-order valence-electron chi connectivity index (χ1n) is 12.1. The van der Waals surface area contributed by atoms with Crippen molar-refractivity contribution in [3.8, 4) is 0 Å². The lowest BCUT2D eigenvalue weighted by atomic mass is 9.82. The predicted octanol–water partition coefficient (Wildman–Crippen LogP) is 5.14. The van der Waals surface area contributed by atoms with Crippen LogP contribution in [0.5, 0.6) is 0 Å². The van der Waals surface area contributed by atoms with Crippen LogP contribution in [0.4, 0.5) is 20.3 Å². The van der Waals surface area contributed by atoms with Gasteiger partial charge in [0.1, 0.15) is 23.0 Å². The zero-order valence-electron chi connectivity index (χ0n) is 20.1. The third kappa shape index (κ3) is 5.02. The van der Waals surface area contributed by atoms with Gasteiger partial charge in [-0.15, -0.1) is 0 Å². The highest BCUT2D eigenvalue weighted by molar-refractivity contribution is 5.92. The van der Waals surface area contributed by atoms with Crippen LogP contribution in [-0.4, -0.2) is 30.6 Å². The molecule has 0 spiro atoms. The molecule has 8 nitrogen and oxygen atoms in total. The number of nitrogens with zero attached hydrogens (tertiary/aromatic N) is 5. The van der Waals surface area contributed by atoms with Gasteiger partial charge in [0.25, 0.3) is 0 Å². The van der Waals surface area contributed by atoms with Crippen molar-refractivity contribution in [2.24, 2.45) is 0 Å². The molecule has 0 bridgehead atoms. The number of rotatable bonds is 8. The van der Waals surface area contributed by atoms with Crippen LogP contribution >= 0.6 is 0 Å². The predicted molar refractivity (Wildman–Crippen MR) is 133 cm³/mol. The van der Waals surface area contributed by atoms with Crippen molar-refractivity contribution < 1.29 is 13.6 Å². The summed E-state index contributed by atoms with van der Waals surface area (Å²) in [5, 5.41) is 10.3. The van der Waals surface area contributed by atoms with E-state index in [2.05, 4.69) is 30.7 Å². The standard InChI is InChI=1S/C26H27F2N7O/c1-3-35-14-22-26(34-35)33-23(13-29-22)31-15(2)19-11-18(7-8-20(19)27)32-24(36)10-16-9-21(28)25(30-12-16)17-5-4-6-17/h7-9,11-15,17H,3-6,10H2,1-2H3,(H,32,36)(H,31,33,34)/t15-/m0/s1. The second-order valence-electron chi connectivity index (χ2n) is 9.11. The van der Waals surface area contributed by atoms with Crippen molar-refractivity contribution in [1.82, 2.24) is 24.7 Å². The zero-order valence-corrected chi connectivity index (χ0v) is 20.1. The van der Waals surface area contributed by atoms with Gasteiger partial charge >= 0.3 is 0 Å². The lowest BCUT2D eigenvalue weighted by molar-refractivity contribution is -0.115. The van der Waals surface area contributed by atoms with Crippen molar-refractivity contribution in [2.45, 2.75) is 58.0 Å². The fourth-order valence-electron chi connectivity index (χ4n) is 4.29. The van der Waals surface area contributed by atoms with Crippen molar-refractivity contribution >= 4 is 28.6 Å². The molecule has 1 atom stereocenters. The summed E-state index contributed by atoms with van der Waals surface area (Å²) in [5.41, 5.74) is 2.95. The molecule has 1 fully saturated rings. The Morgan fingerprint density at radius 3 is 2.72 bits per heavy atom. The molecule has 5 rings (SSSR count). The molecular formula is C26H27F2N7O. The number of hydrogen-bond acceptors (Lipinski definition) is 6. The number of anilines is 2. The average molecular weight is 492 g/mol.